The predicted octanol–water partition coefficient (Wildman–Crippen LogP) is 5.51. The van der Waals surface area contributed by atoms with Gasteiger partial charge in [-0.25, -0.2) is 4.68 Å². The SMILES string of the molecule is Cc1cccc(-n2nc(-c3ccc(I)cc3)c3c2NCCCC3)c1C. The van der Waals surface area contributed by atoms with Gasteiger partial charge >= 0.3 is 0 Å². The van der Waals surface area contributed by atoms with Crippen molar-refractivity contribution in [1.29, 1.82) is 0 Å². The van der Waals surface area contributed by atoms with Gasteiger partial charge in [0.15, 0.2) is 0 Å². The smallest absolute Gasteiger partial charge is 0.133 e. The van der Waals surface area contributed by atoms with Gasteiger partial charge in [-0.2, -0.15) is 5.10 Å². The van der Waals surface area contributed by atoms with Crippen molar-refractivity contribution < 1.29 is 0 Å². The molecule has 4 heteroatoms. The Morgan fingerprint density at radius 3 is 2.64 bits per heavy atom. The lowest BCUT2D eigenvalue weighted by Gasteiger charge is -2.13. The normalized spacial score (nSPS) is 13.9. The van der Waals surface area contributed by atoms with Crippen LogP contribution in [0.1, 0.15) is 29.5 Å². The summed E-state index contributed by atoms with van der Waals surface area (Å²) in [6, 6.07) is 15.1. The summed E-state index contributed by atoms with van der Waals surface area (Å²) in [5.74, 6) is 1.17. The van der Waals surface area contributed by atoms with E-state index in [0.29, 0.717) is 0 Å². The molecule has 0 bridgehead atoms. The summed E-state index contributed by atoms with van der Waals surface area (Å²) >= 11 is 2.35. The Hall–Kier alpha value is -1.82. The van der Waals surface area contributed by atoms with Gasteiger partial charge < -0.3 is 5.32 Å². The summed E-state index contributed by atoms with van der Waals surface area (Å²) in [7, 11) is 0. The zero-order chi connectivity index (χ0) is 17.4. The standard InChI is InChI=1S/C21H22IN3/c1-14-6-5-8-19(15(14)2)25-21-18(7-3-4-13-23-21)20(24-25)16-9-11-17(22)12-10-16/h5-6,8-12,23H,3-4,7,13H2,1-2H3. The first kappa shape index (κ1) is 16.6. The Balaban J connectivity index is 1.93. The Morgan fingerprint density at radius 1 is 1.04 bits per heavy atom. The number of nitrogens with one attached hydrogen (secondary N) is 1. The Labute approximate surface area is 162 Å². The van der Waals surface area contributed by atoms with Gasteiger partial charge in [-0.3, -0.25) is 0 Å². The molecule has 0 spiro atoms. The van der Waals surface area contributed by atoms with Crippen LogP contribution in [0.3, 0.4) is 0 Å². The Kier molecular flexibility index (Phi) is 4.54. The van der Waals surface area contributed by atoms with Crippen LogP contribution in [-0.2, 0) is 6.42 Å². The number of rotatable bonds is 2. The number of benzene rings is 2. The van der Waals surface area contributed by atoms with Gasteiger partial charge in [-0.1, -0.05) is 24.3 Å². The van der Waals surface area contributed by atoms with Crippen LogP contribution in [0.5, 0.6) is 0 Å². The summed E-state index contributed by atoms with van der Waals surface area (Å²) < 4.78 is 3.37. The lowest BCUT2D eigenvalue weighted by molar-refractivity contribution is 0.779. The van der Waals surface area contributed by atoms with Crippen molar-refractivity contribution in [2.45, 2.75) is 33.1 Å². The number of nitrogens with zero attached hydrogens (tertiary/aromatic N) is 2. The van der Waals surface area contributed by atoms with E-state index >= 15 is 0 Å². The minimum Gasteiger partial charge on any atom is -0.370 e. The molecule has 0 atom stereocenters. The lowest BCUT2D eigenvalue weighted by atomic mass is 10.0. The highest BCUT2D eigenvalue weighted by Crippen LogP contribution is 2.35. The third-order valence-corrected chi connectivity index (χ3v) is 5.77. The molecule has 0 saturated heterocycles. The molecule has 1 aliphatic heterocycles. The highest BCUT2D eigenvalue weighted by molar-refractivity contribution is 14.1. The third-order valence-electron chi connectivity index (χ3n) is 5.05. The molecule has 2 heterocycles. The first-order valence-corrected chi connectivity index (χ1v) is 9.91. The number of hydrogen-bond donors (Lipinski definition) is 1. The van der Waals surface area contributed by atoms with E-state index in [4.69, 9.17) is 5.10 Å². The summed E-state index contributed by atoms with van der Waals surface area (Å²) in [4.78, 5) is 0. The summed E-state index contributed by atoms with van der Waals surface area (Å²) in [6.07, 6.45) is 3.48. The maximum Gasteiger partial charge on any atom is 0.133 e. The molecular formula is C21H22IN3. The summed E-state index contributed by atoms with van der Waals surface area (Å²) in [5.41, 5.74) is 7.41. The second-order valence-corrected chi connectivity index (χ2v) is 7.94. The minimum absolute atomic E-state index is 1.01. The summed E-state index contributed by atoms with van der Waals surface area (Å²) in [5, 5.41) is 8.70. The van der Waals surface area contributed by atoms with E-state index in [-0.39, 0.29) is 0 Å². The van der Waals surface area contributed by atoms with Crippen LogP contribution in [0, 0.1) is 17.4 Å². The van der Waals surface area contributed by atoms with Crippen molar-refractivity contribution in [2.75, 3.05) is 11.9 Å². The van der Waals surface area contributed by atoms with Crippen LogP contribution >= 0.6 is 22.6 Å². The van der Waals surface area contributed by atoms with Gasteiger partial charge in [0.1, 0.15) is 5.82 Å². The zero-order valence-electron chi connectivity index (χ0n) is 14.6. The third kappa shape index (κ3) is 3.08. The second-order valence-electron chi connectivity index (χ2n) is 6.70. The molecule has 2 aromatic carbocycles. The van der Waals surface area contributed by atoms with Gasteiger partial charge in [-0.15, -0.1) is 0 Å². The number of anilines is 1. The number of aryl methyl sites for hydroxylation is 1. The van der Waals surface area contributed by atoms with E-state index in [1.807, 2.05) is 0 Å². The fourth-order valence-electron chi connectivity index (χ4n) is 3.48. The van der Waals surface area contributed by atoms with Crippen molar-refractivity contribution in [3.05, 3.63) is 62.7 Å². The van der Waals surface area contributed by atoms with Crippen LogP contribution in [-0.4, -0.2) is 16.3 Å². The van der Waals surface area contributed by atoms with E-state index in [2.05, 4.69) is 88.9 Å². The van der Waals surface area contributed by atoms with Gasteiger partial charge in [0.25, 0.3) is 0 Å². The van der Waals surface area contributed by atoms with E-state index in [9.17, 15) is 0 Å². The van der Waals surface area contributed by atoms with E-state index < -0.39 is 0 Å². The maximum atomic E-state index is 5.06. The molecule has 0 amide bonds. The van der Waals surface area contributed by atoms with Crippen molar-refractivity contribution in [1.82, 2.24) is 9.78 Å². The number of hydrogen-bond acceptors (Lipinski definition) is 2. The molecule has 0 fully saturated rings. The van der Waals surface area contributed by atoms with Crippen LogP contribution in [0.2, 0.25) is 0 Å². The van der Waals surface area contributed by atoms with E-state index in [1.165, 1.54) is 50.2 Å². The van der Waals surface area contributed by atoms with Crippen LogP contribution in [0.25, 0.3) is 16.9 Å². The van der Waals surface area contributed by atoms with Gasteiger partial charge in [0.05, 0.1) is 11.4 Å². The highest BCUT2D eigenvalue weighted by atomic mass is 127. The molecule has 3 nitrogen and oxygen atoms in total. The number of aromatic nitrogens is 2. The van der Waals surface area contributed by atoms with E-state index in [0.717, 1.165) is 18.7 Å². The molecule has 0 saturated carbocycles. The molecule has 3 aromatic rings. The molecule has 0 radical (unpaired) electrons. The fraction of sp³-hybridized carbons (Fsp3) is 0.286. The molecular weight excluding hydrogens is 421 g/mol. The van der Waals surface area contributed by atoms with Crippen molar-refractivity contribution in [2.24, 2.45) is 0 Å². The molecule has 25 heavy (non-hydrogen) atoms. The molecule has 1 aliphatic rings. The molecule has 0 aliphatic carbocycles. The predicted molar refractivity (Wildman–Crippen MR) is 113 cm³/mol. The summed E-state index contributed by atoms with van der Waals surface area (Å²) in [6.45, 7) is 5.35. The fourth-order valence-corrected chi connectivity index (χ4v) is 3.84. The van der Waals surface area contributed by atoms with Gasteiger partial charge in [0.2, 0.25) is 0 Å². The topological polar surface area (TPSA) is 29.9 Å². The first-order valence-electron chi connectivity index (χ1n) is 8.83. The largest absolute Gasteiger partial charge is 0.370 e. The highest BCUT2D eigenvalue weighted by Gasteiger charge is 2.22. The zero-order valence-corrected chi connectivity index (χ0v) is 16.8. The quantitative estimate of drug-likeness (QED) is 0.530. The average molecular weight is 443 g/mol. The Morgan fingerprint density at radius 2 is 1.84 bits per heavy atom. The molecule has 1 aromatic heterocycles. The van der Waals surface area contributed by atoms with Crippen molar-refractivity contribution >= 4 is 28.4 Å². The molecule has 1 N–H and O–H groups in total. The average Bonchev–Trinajstić information content (AvgIpc) is 2.80. The van der Waals surface area contributed by atoms with E-state index in [1.54, 1.807) is 0 Å². The van der Waals surface area contributed by atoms with Gasteiger partial charge in [0, 0.05) is 21.2 Å². The van der Waals surface area contributed by atoms with Gasteiger partial charge in [-0.05, 0) is 85.0 Å². The monoisotopic (exact) mass is 443 g/mol. The molecule has 4 rings (SSSR count). The van der Waals surface area contributed by atoms with Crippen LogP contribution in [0.15, 0.2) is 42.5 Å². The maximum absolute atomic E-state index is 5.06. The number of halogens is 1. The van der Waals surface area contributed by atoms with Crippen LogP contribution in [0.4, 0.5) is 5.82 Å². The molecule has 0 unspecified atom stereocenters. The van der Waals surface area contributed by atoms with Crippen molar-refractivity contribution in [3.8, 4) is 16.9 Å². The second kappa shape index (κ2) is 6.83. The Bertz CT molecular complexity index is 910. The minimum atomic E-state index is 1.01. The molecule has 128 valence electrons. The van der Waals surface area contributed by atoms with Crippen molar-refractivity contribution in [3.63, 3.8) is 0 Å². The first-order chi connectivity index (χ1) is 12.1. The lowest BCUT2D eigenvalue weighted by Crippen LogP contribution is -2.08. The van der Waals surface area contributed by atoms with Crippen LogP contribution < -0.4 is 5.32 Å². The number of fused-ring (bicyclic) bond motifs is 1.